The van der Waals surface area contributed by atoms with Crippen LogP contribution < -0.4 is 5.32 Å². The van der Waals surface area contributed by atoms with Gasteiger partial charge in [0.05, 0.1) is 17.1 Å². The summed E-state index contributed by atoms with van der Waals surface area (Å²) in [6, 6.07) is 11.1. The topological polar surface area (TPSA) is 83.6 Å². The first-order valence-corrected chi connectivity index (χ1v) is 11.6. The summed E-state index contributed by atoms with van der Waals surface area (Å²) in [5, 5.41) is 2.81. The predicted octanol–water partition coefficient (Wildman–Crippen LogP) is 4.19. The van der Waals surface area contributed by atoms with Crippen molar-refractivity contribution in [2.24, 2.45) is 0 Å². The molecule has 1 N–H and O–H groups in total. The molecule has 0 aliphatic carbocycles. The van der Waals surface area contributed by atoms with Gasteiger partial charge in [-0.25, -0.2) is 0 Å². The summed E-state index contributed by atoms with van der Waals surface area (Å²) in [6.45, 7) is 1.84. The molecule has 0 saturated carbocycles. The minimum absolute atomic E-state index is 0.0241. The van der Waals surface area contributed by atoms with Crippen molar-refractivity contribution < 1.29 is 19.2 Å². The molecule has 0 atom stereocenters. The lowest BCUT2D eigenvalue weighted by atomic mass is 10.1. The summed E-state index contributed by atoms with van der Waals surface area (Å²) in [4.78, 5) is 52.5. The first-order valence-electron chi connectivity index (χ1n) is 9.58. The van der Waals surface area contributed by atoms with Crippen molar-refractivity contribution in [2.45, 2.75) is 37.5 Å². The molecule has 0 bridgehead atoms. The number of amides is 2. The summed E-state index contributed by atoms with van der Waals surface area (Å²) in [5.74, 6) is -0.754. The Morgan fingerprint density at radius 2 is 1.70 bits per heavy atom. The zero-order valence-electron chi connectivity index (χ0n) is 17.4. The number of ketones is 2. The molecule has 8 heteroatoms. The molecule has 2 amide bonds. The van der Waals surface area contributed by atoms with E-state index in [1.807, 2.05) is 43.5 Å². The Morgan fingerprint density at radius 1 is 1.00 bits per heavy atom. The normalized spacial score (nSPS) is 10.5. The smallest absolute Gasteiger partial charge is 0.244 e. The van der Waals surface area contributed by atoms with Crippen molar-refractivity contribution >= 4 is 52.2 Å². The third kappa shape index (κ3) is 7.42. The number of benzene rings is 1. The molecule has 2 aromatic rings. The van der Waals surface area contributed by atoms with E-state index in [1.54, 1.807) is 6.07 Å². The number of Topliss-reactive ketones (excluding diaryl/α,β-unsaturated/α-hetero) is 2. The maximum Gasteiger partial charge on any atom is 0.244 e. The van der Waals surface area contributed by atoms with Gasteiger partial charge in [-0.2, -0.15) is 0 Å². The van der Waals surface area contributed by atoms with Crippen molar-refractivity contribution in [3.8, 4) is 0 Å². The van der Waals surface area contributed by atoms with Gasteiger partial charge in [0.25, 0.3) is 0 Å². The van der Waals surface area contributed by atoms with E-state index >= 15 is 0 Å². The Hall–Kier alpha value is -2.45. The van der Waals surface area contributed by atoms with Gasteiger partial charge in [-0.1, -0.05) is 12.1 Å². The number of likely N-dealkylation sites (N-methyl/N-ethyl adjacent to an activating group) is 1. The van der Waals surface area contributed by atoms with Crippen LogP contribution in [0.4, 0.5) is 5.69 Å². The maximum absolute atomic E-state index is 12.2. The van der Waals surface area contributed by atoms with Crippen LogP contribution in [-0.2, 0) is 14.4 Å². The minimum Gasteiger partial charge on any atom is -0.336 e. The van der Waals surface area contributed by atoms with Gasteiger partial charge in [-0.3, -0.25) is 19.2 Å². The lowest BCUT2D eigenvalue weighted by molar-refractivity contribution is -0.134. The van der Waals surface area contributed by atoms with Crippen molar-refractivity contribution in [1.82, 2.24) is 4.90 Å². The van der Waals surface area contributed by atoms with Crippen LogP contribution in [0.5, 0.6) is 0 Å². The van der Waals surface area contributed by atoms with E-state index in [0.717, 1.165) is 9.77 Å². The summed E-state index contributed by atoms with van der Waals surface area (Å²) >= 11 is 2.94. The number of rotatable bonds is 11. The van der Waals surface area contributed by atoms with Crippen LogP contribution in [-0.4, -0.2) is 48.1 Å². The van der Waals surface area contributed by atoms with Crippen LogP contribution in [0.25, 0.3) is 0 Å². The molecule has 1 aromatic heterocycles. The van der Waals surface area contributed by atoms with Gasteiger partial charge >= 0.3 is 0 Å². The molecule has 0 unspecified atom stereocenters. The number of aryl methyl sites for hydroxylation is 1. The van der Waals surface area contributed by atoms with Crippen LogP contribution >= 0.6 is 23.1 Å². The molecular formula is C22H26N2O4S2. The number of nitrogens with zero attached hydrogens (tertiary/aromatic N) is 1. The van der Waals surface area contributed by atoms with Crippen molar-refractivity contribution in [1.29, 1.82) is 0 Å². The van der Waals surface area contributed by atoms with Crippen LogP contribution in [0, 0.1) is 6.92 Å². The van der Waals surface area contributed by atoms with Gasteiger partial charge in [0.2, 0.25) is 11.8 Å². The maximum atomic E-state index is 12.2. The van der Waals surface area contributed by atoms with Crippen LogP contribution in [0.1, 0.15) is 40.2 Å². The zero-order chi connectivity index (χ0) is 22.1. The Kier molecular flexibility index (Phi) is 9.26. The number of hydrogen-bond acceptors (Lipinski definition) is 6. The zero-order valence-corrected chi connectivity index (χ0v) is 19.0. The van der Waals surface area contributed by atoms with Crippen LogP contribution in [0.15, 0.2) is 41.3 Å². The Morgan fingerprint density at radius 3 is 2.37 bits per heavy atom. The summed E-state index contributed by atoms with van der Waals surface area (Å²) in [5.41, 5.74) is 0.705. The summed E-state index contributed by atoms with van der Waals surface area (Å²) < 4.78 is 0. The molecule has 0 radical (unpaired) electrons. The predicted molar refractivity (Wildman–Crippen MR) is 121 cm³/mol. The quantitative estimate of drug-likeness (QED) is 0.413. The number of thioether (sulfide) groups is 1. The van der Waals surface area contributed by atoms with Gasteiger partial charge in [0.15, 0.2) is 5.78 Å². The number of thiophene rings is 1. The average molecular weight is 447 g/mol. The molecule has 160 valence electrons. The van der Waals surface area contributed by atoms with E-state index in [-0.39, 0.29) is 55.6 Å². The Labute approximate surface area is 185 Å². The second kappa shape index (κ2) is 11.7. The third-order valence-corrected chi connectivity index (χ3v) is 6.29. The molecule has 30 heavy (non-hydrogen) atoms. The number of nitrogens with one attached hydrogen (secondary N) is 1. The monoisotopic (exact) mass is 446 g/mol. The van der Waals surface area contributed by atoms with Crippen molar-refractivity contribution in [3.63, 3.8) is 0 Å². The second-order valence-electron chi connectivity index (χ2n) is 6.87. The van der Waals surface area contributed by atoms with E-state index in [1.165, 1.54) is 35.0 Å². The number of hydrogen-bond donors (Lipinski definition) is 1. The van der Waals surface area contributed by atoms with E-state index in [9.17, 15) is 19.2 Å². The molecule has 6 nitrogen and oxygen atoms in total. The molecule has 1 aromatic carbocycles. The SMILES string of the molecule is CSc1ccccc1NC(=O)CN(C)C(=O)CCC(=O)CCC(=O)c1ccc(C)s1. The standard InChI is InChI=1S/C22H26N2O4S2/c1-15-8-12-20(30-15)18(26)11-9-16(25)10-13-22(28)24(2)14-21(27)23-17-6-4-5-7-19(17)29-3/h4-8,12H,9-11,13-14H2,1-3H3,(H,23,27). The molecule has 0 saturated heterocycles. The van der Waals surface area contributed by atoms with E-state index < -0.39 is 0 Å². The Bertz CT molecular complexity index is 923. The number of carbonyl (C=O) groups is 4. The van der Waals surface area contributed by atoms with Gasteiger partial charge in [0, 0.05) is 42.5 Å². The van der Waals surface area contributed by atoms with Gasteiger partial charge in [0.1, 0.15) is 5.78 Å². The Balaban J connectivity index is 1.72. The fraction of sp³-hybridized carbons (Fsp3) is 0.364. The molecular weight excluding hydrogens is 420 g/mol. The van der Waals surface area contributed by atoms with Crippen molar-refractivity contribution in [2.75, 3.05) is 25.2 Å². The fourth-order valence-corrected chi connectivity index (χ4v) is 4.15. The minimum atomic E-state index is -0.296. The first-order chi connectivity index (χ1) is 14.3. The highest BCUT2D eigenvalue weighted by Crippen LogP contribution is 2.24. The van der Waals surface area contributed by atoms with Crippen molar-refractivity contribution in [3.05, 3.63) is 46.2 Å². The van der Waals surface area contributed by atoms with E-state index in [4.69, 9.17) is 0 Å². The highest BCUT2D eigenvalue weighted by molar-refractivity contribution is 7.98. The molecule has 0 fully saturated rings. The van der Waals surface area contributed by atoms with Gasteiger partial charge in [-0.05, 0) is 37.4 Å². The number of anilines is 1. The highest BCUT2D eigenvalue weighted by atomic mass is 32.2. The number of para-hydroxylation sites is 1. The lowest BCUT2D eigenvalue weighted by Crippen LogP contribution is -2.35. The fourth-order valence-electron chi connectivity index (χ4n) is 2.76. The molecule has 1 heterocycles. The molecule has 0 spiro atoms. The van der Waals surface area contributed by atoms with Gasteiger partial charge in [-0.15, -0.1) is 23.1 Å². The van der Waals surface area contributed by atoms with Gasteiger partial charge < -0.3 is 10.2 Å². The number of carbonyl (C=O) groups excluding carboxylic acids is 4. The summed E-state index contributed by atoms with van der Waals surface area (Å²) in [6.07, 6.45) is 2.29. The average Bonchev–Trinajstić information content (AvgIpc) is 3.16. The third-order valence-electron chi connectivity index (χ3n) is 4.45. The van der Waals surface area contributed by atoms with E-state index in [0.29, 0.717) is 10.6 Å². The summed E-state index contributed by atoms with van der Waals surface area (Å²) in [7, 11) is 1.54. The van der Waals surface area contributed by atoms with Crippen LogP contribution in [0.2, 0.25) is 0 Å². The first kappa shape index (κ1) is 23.8. The lowest BCUT2D eigenvalue weighted by Gasteiger charge is -2.17. The molecule has 2 rings (SSSR count). The largest absolute Gasteiger partial charge is 0.336 e. The van der Waals surface area contributed by atoms with Crippen LogP contribution in [0.3, 0.4) is 0 Å². The highest BCUT2D eigenvalue weighted by Gasteiger charge is 2.16. The molecule has 0 aliphatic heterocycles. The second-order valence-corrected chi connectivity index (χ2v) is 9.01. The molecule has 0 aliphatic rings. The van der Waals surface area contributed by atoms with E-state index in [2.05, 4.69) is 5.32 Å².